The molecule has 0 aliphatic carbocycles. The Morgan fingerprint density at radius 3 is 2.53 bits per heavy atom. The lowest BCUT2D eigenvalue weighted by Crippen LogP contribution is -2.04. The van der Waals surface area contributed by atoms with Gasteiger partial charge in [0.1, 0.15) is 0 Å². The average Bonchev–Trinajstić information content (AvgIpc) is 2.15. The number of nitrogens with zero attached hydrogens (tertiary/aromatic N) is 1. The molecule has 0 saturated carbocycles. The van der Waals surface area contributed by atoms with Crippen molar-refractivity contribution in [3.8, 4) is 6.07 Å². The maximum Gasteiger partial charge on any atom is 0.264 e. The molecule has 1 aromatic rings. The Bertz CT molecular complexity index is 451. The van der Waals surface area contributed by atoms with Gasteiger partial charge in [0.05, 0.1) is 11.6 Å². The second-order valence-electron chi connectivity index (χ2n) is 2.89. The van der Waals surface area contributed by atoms with Crippen molar-refractivity contribution < 1.29 is 13.6 Å². The van der Waals surface area contributed by atoms with Crippen LogP contribution in [0.5, 0.6) is 0 Å². The Hall–Kier alpha value is -1.28. The van der Waals surface area contributed by atoms with Crippen molar-refractivity contribution in [3.05, 3.63) is 33.3 Å². The molecule has 0 unspecified atom stereocenters. The first-order valence-electron chi connectivity index (χ1n) is 4.00. The van der Waals surface area contributed by atoms with Crippen LogP contribution in [-0.4, -0.2) is 5.78 Å². The third kappa shape index (κ3) is 2.39. The van der Waals surface area contributed by atoms with E-state index in [2.05, 4.69) is 15.9 Å². The van der Waals surface area contributed by atoms with Crippen LogP contribution in [0.2, 0.25) is 0 Å². The number of hydrogen-bond donors (Lipinski definition) is 0. The van der Waals surface area contributed by atoms with E-state index in [9.17, 15) is 13.6 Å². The molecule has 0 atom stereocenters. The average molecular weight is 274 g/mol. The summed E-state index contributed by atoms with van der Waals surface area (Å²) in [4.78, 5) is 11.2. The Morgan fingerprint density at radius 1 is 1.53 bits per heavy atom. The largest absolute Gasteiger partial charge is 0.294 e. The summed E-state index contributed by atoms with van der Waals surface area (Å²) < 4.78 is 25.6. The molecule has 0 spiro atoms. The van der Waals surface area contributed by atoms with Crippen molar-refractivity contribution >= 4 is 21.7 Å². The first-order chi connectivity index (χ1) is 6.97. The zero-order valence-electron chi connectivity index (χ0n) is 7.72. The normalized spacial score (nSPS) is 10.1. The fourth-order valence-electron chi connectivity index (χ4n) is 1.28. The highest BCUT2D eigenvalue weighted by Crippen LogP contribution is 2.29. The third-order valence-corrected chi connectivity index (χ3v) is 2.30. The highest BCUT2D eigenvalue weighted by Gasteiger charge is 2.20. The van der Waals surface area contributed by atoms with E-state index in [-0.39, 0.29) is 11.1 Å². The first kappa shape index (κ1) is 11.8. The highest BCUT2D eigenvalue weighted by atomic mass is 79.9. The monoisotopic (exact) mass is 273 g/mol. The van der Waals surface area contributed by atoms with Gasteiger partial charge in [-0.2, -0.15) is 5.26 Å². The Balaban J connectivity index is 3.56. The van der Waals surface area contributed by atoms with Crippen molar-refractivity contribution in [1.29, 1.82) is 5.26 Å². The molecule has 15 heavy (non-hydrogen) atoms. The molecule has 78 valence electrons. The van der Waals surface area contributed by atoms with Crippen molar-refractivity contribution in [2.75, 3.05) is 0 Å². The van der Waals surface area contributed by atoms with Crippen LogP contribution < -0.4 is 0 Å². The van der Waals surface area contributed by atoms with Gasteiger partial charge in [-0.25, -0.2) is 8.78 Å². The van der Waals surface area contributed by atoms with Gasteiger partial charge in [-0.15, -0.1) is 0 Å². The molecule has 0 N–H and O–H groups in total. The molecule has 5 heteroatoms. The van der Waals surface area contributed by atoms with Gasteiger partial charge in [0.15, 0.2) is 5.78 Å². The van der Waals surface area contributed by atoms with E-state index in [0.29, 0.717) is 4.47 Å². The van der Waals surface area contributed by atoms with Crippen molar-refractivity contribution in [3.63, 3.8) is 0 Å². The number of carbonyl (C=O) groups excluding carboxylic acids is 1. The van der Waals surface area contributed by atoms with E-state index in [0.717, 1.165) is 13.0 Å². The summed E-state index contributed by atoms with van der Waals surface area (Å²) in [6.45, 7) is 1.16. The zero-order valence-corrected chi connectivity index (χ0v) is 9.31. The van der Waals surface area contributed by atoms with Crippen LogP contribution in [0.25, 0.3) is 0 Å². The molecule has 0 aromatic heterocycles. The number of alkyl halides is 2. The van der Waals surface area contributed by atoms with Gasteiger partial charge in [0.25, 0.3) is 6.43 Å². The summed E-state index contributed by atoms with van der Waals surface area (Å²) in [5, 5.41) is 8.73. The Morgan fingerprint density at radius 2 is 2.13 bits per heavy atom. The number of nitriles is 1. The van der Waals surface area contributed by atoms with E-state index in [1.54, 1.807) is 6.07 Å². The first-order valence-corrected chi connectivity index (χ1v) is 4.79. The van der Waals surface area contributed by atoms with Crippen LogP contribution in [0.3, 0.4) is 0 Å². The van der Waals surface area contributed by atoms with Crippen molar-refractivity contribution in [2.45, 2.75) is 13.3 Å². The molecule has 0 heterocycles. The van der Waals surface area contributed by atoms with Crippen LogP contribution in [0.15, 0.2) is 16.6 Å². The minimum atomic E-state index is -2.77. The van der Waals surface area contributed by atoms with Gasteiger partial charge in [-0.1, -0.05) is 15.9 Å². The summed E-state index contributed by atoms with van der Waals surface area (Å²) in [7, 11) is 0. The van der Waals surface area contributed by atoms with E-state index >= 15 is 0 Å². The van der Waals surface area contributed by atoms with Gasteiger partial charge in [-0.3, -0.25) is 4.79 Å². The third-order valence-electron chi connectivity index (χ3n) is 1.84. The number of rotatable bonds is 2. The molecule has 1 aromatic carbocycles. The number of hydrogen-bond acceptors (Lipinski definition) is 2. The molecule has 0 aliphatic heterocycles. The molecule has 1 rings (SSSR count). The summed E-state index contributed by atoms with van der Waals surface area (Å²) in [6.07, 6.45) is -2.77. The van der Waals surface area contributed by atoms with Crippen LogP contribution in [-0.2, 0) is 0 Å². The van der Waals surface area contributed by atoms with Gasteiger partial charge in [-0.05, 0) is 19.1 Å². The lowest BCUT2D eigenvalue weighted by molar-refractivity contribution is 0.0998. The van der Waals surface area contributed by atoms with Gasteiger partial charge in [0.2, 0.25) is 0 Å². The second-order valence-corrected chi connectivity index (χ2v) is 3.80. The molecule has 0 bridgehead atoms. The van der Waals surface area contributed by atoms with Crippen LogP contribution >= 0.6 is 15.9 Å². The summed E-state index contributed by atoms with van der Waals surface area (Å²) in [6, 6.07) is 4.23. The molecule has 0 saturated heterocycles. The summed E-state index contributed by atoms with van der Waals surface area (Å²) >= 11 is 3.01. The molecular formula is C10H6BrF2NO. The van der Waals surface area contributed by atoms with Crippen LogP contribution in [0.4, 0.5) is 8.78 Å². The Labute approximate surface area is 93.6 Å². The van der Waals surface area contributed by atoms with Gasteiger partial charge < -0.3 is 0 Å². The molecular weight excluding hydrogens is 268 g/mol. The number of ketones is 1. The quantitative estimate of drug-likeness (QED) is 0.775. The van der Waals surface area contributed by atoms with E-state index in [1.807, 2.05) is 0 Å². The molecule has 0 aliphatic rings. The number of halogens is 3. The summed E-state index contributed by atoms with van der Waals surface area (Å²) in [5.41, 5.74) is -0.642. The fraction of sp³-hybridized carbons (Fsp3) is 0.200. The number of benzene rings is 1. The van der Waals surface area contributed by atoms with Crippen molar-refractivity contribution in [1.82, 2.24) is 0 Å². The molecule has 0 radical (unpaired) electrons. The maximum atomic E-state index is 12.6. The number of Topliss-reactive ketones (excluding diaryl/α,β-unsaturated/α-hetero) is 1. The predicted molar refractivity (Wildman–Crippen MR) is 53.8 cm³/mol. The predicted octanol–water partition coefficient (Wildman–Crippen LogP) is 3.46. The fourth-order valence-corrected chi connectivity index (χ4v) is 1.76. The number of carbonyl (C=O) groups is 1. The molecule has 0 amide bonds. The second kappa shape index (κ2) is 4.49. The van der Waals surface area contributed by atoms with Gasteiger partial charge >= 0.3 is 0 Å². The minimum Gasteiger partial charge on any atom is -0.294 e. The molecule has 2 nitrogen and oxygen atoms in total. The van der Waals surface area contributed by atoms with E-state index in [4.69, 9.17) is 5.26 Å². The SMILES string of the molecule is CC(=O)c1c(C#N)cc(Br)cc1C(F)F. The standard InChI is InChI=1S/C10H6BrF2NO/c1-5(15)9-6(4-14)2-7(11)3-8(9)10(12)13/h2-3,10H,1H3. The topological polar surface area (TPSA) is 40.9 Å². The highest BCUT2D eigenvalue weighted by molar-refractivity contribution is 9.10. The lowest BCUT2D eigenvalue weighted by atomic mass is 9.99. The maximum absolute atomic E-state index is 12.6. The van der Waals surface area contributed by atoms with Crippen LogP contribution in [0, 0.1) is 11.3 Å². The Kier molecular flexibility index (Phi) is 3.53. The van der Waals surface area contributed by atoms with E-state index < -0.39 is 17.8 Å². The molecule has 0 fully saturated rings. The smallest absolute Gasteiger partial charge is 0.264 e. The van der Waals surface area contributed by atoms with Gasteiger partial charge in [0, 0.05) is 15.6 Å². The lowest BCUT2D eigenvalue weighted by Gasteiger charge is -2.08. The van der Waals surface area contributed by atoms with Crippen LogP contribution in [0.1, 0.15) is 34.8 Å². The minimum absolute atomic E-state index is 0.0350. The van der Waals surface area contributed by atoms with E-state index in [1.165, 1.54) is 6.07 Å². The summed E-state index contributed by atoms with van der Waals surface area (Å²) in [5.74, 6) is -0.533. The van der Waals surface area contributed by atoms with Crippen molar-refractivity contribution in [2.24, 2.45) is 0 Å². The zero-order chi connectivity index (χ0) is 11.6.